The van der Waals surface area contributed by atoms with Crippen LogP contribution in [0.2, 0.25) is 0 Å². The van der Waals surface area contributed by atoms with E-state index in [-0.39, 0.29) is 29.1 Å². The van der Waals surface area contributed by atoms with Crippen LogP contribution in [0, 0.1) is 12.7 Å². The fraction of sp³-hybridized carbons (Fsp3) is 0.440. The molecule has 158 valence electrons. The van der Waals surface area contributed by atoms with E-state index < -0.39 is 0 Å². The monoisotopic (exact) mass is 408 g/mol. The third kappa shape index (κ3) is 4.55. The van der Waals surface area contributed by atoms with E-state index >= 15 is 0 Å². The molecule has 2 heterocycles. The van der Waals surface area contributed by atoms with E-state index in [1.807, 2.05) is 17.0 Å². The lowest BCUT2D eigenvalue weighted by molar-refractivity contribution is -0.131. The first-order chi connectivity index (χ1) is 14.4. The Morgan fingerprint density at radius 2 is 1.97 bits per heavy atom. The van der Waals surface area contributed by atoms with Crippen LogP contribution < -0.4 is 5.32 Å². The summed E-state index contributed by atoms with van der Waals surface area (Å²) < 4.78 is 14.1. The van der Waals surface area contributed by atoms with Gasteiger partial charge >= 0.3 is 0 Å². The zero-order chi connectivity index (χ0) is 21.1. The molecular weight excluding hydrogens is 379 g/mol. The highest BCUT2D eigenvalue weighted by atomic mass is 19.1. The van der Waals surface area contributed by atoms with Crippen LogP contribution in [0.1, 0.15) is 54.7 Å². The molecule has 2 aromatic rings. The third-order valence-electron chi connectivity index (χ3n) is 6.60. The number of nitrogens with one attached hydrogen (secondary N) is 1. The maximum absolute atomic E-state index is 14.1. The molecule has 0 unspecified atom stereocenters. The van der Waals surface area contributed by atoms with Crippen LogP contribution >= 0.6 is 0 Å². The number of likely N-dealkylation sites (tertiary alicyclic amines) is 1. The Morgan fingerprint density at radius 3 is 2.67 bits per heavy atom. The molecule has 2 saturated heterocycles. The van der Waals surface area contributed by atoms with Crippen LogP contribution in [-0.4, -0.2) is 35.3 Å². The van der Waals surface area contributed by atoms with Gasteiger partial charge in [-0.25, -0.2) is 4.39 Å². The lowest BCUT2D eigenvalue weighted by Gasteiger charge is -2.30. The van der Waals surface area contributed by atoms with Crippen LogP contribution in [0.3, 0.4) is 0 Å². The van der Waals surface area contributed by atoms with E-state index in [4.69, 9.17) is 0 Å². The second-order valence-corrected chi connectivity index (χ2v) is 8.84. The lowest BCUT2D eigenvalue weighted by Crippen LogP contribution is -2.44. The summed E-state index contributed by atoms with van der Waals surface area (Å²) in [6.07, 6.45) is 3.83. The minimum absolute atomic E-state index is 0.0582. The number of carbonyl (C=O) groups is 2. The number of benzene rings is 2. The van der Waals surface area contributed by atoms with Gasteiger partial charge in [-0.2, -0.15) is 0 Å². The molecule has 5 heteroatoms. The zero-order valence-electron chi connectivity index (χ0n) is 17.5. The number of hydrogen-bond acceptors (Lipinski definition) is 2. The Kier molecular flexibility index (Phi) is 5.89. The maximum Gasteiger partial charge on any atom is 0.222 e. The molecule has 0 spiro atoms. The van der Waals surface area contributed by atoms with Gasteiger partial charge in [0.25, 0.3) is 0 Å². The number of carbonyl (C=O) groups excluding carboxylic acids is 2. The van der Waals surface area contributed by atoms with Crippen molar-refractivity contribution in [3.05, 3.63) is 71.0 Å². The molecule has 0 saturated carbocycles. The van der Waals surface area contributed by atoms with E-state index in [2.05, 4.69) is 36.5 Å². The van der Waals surface area contributed by atoms with Gasteiger partial charge in [0.1, 0.15) is 5.82 Å². The molecule has 2 aromatic carbocycles. The van der Waals surface area contributed by atoms with Gasteiger partial charge in [0, 0.05) is 37.4 Å². The van der Waals surface area contributed by atoms with Crippen molar-refractivity contribution in [2.75, 3.05) is 13.1 Å². The van der Waals surface area contributed by atoms with Crippen LogP contribution in [0.15, 0.2) is 48.5 Å². The minimum Gasteiger partial charge on any atom is -0.350 e. The highest BCUT2D eigenvalue weighted by Crippen LogP contribution is 2.32. The molecule has 2 aliphatic heterocycles. The normalized spacial score (nSPS) is 23.6. The van der Waals surface area contributed by atoms with E-state index in [1.165, 1.54) is 17.2 Å². The molecule has 0 bridgehead atoms. The number of halogens is 1. The predicted molar refractivity (Wildman–Crippen MR) is 115 cm³/mol. The van der Waals surface area contributed by atoms with E-state index in [0.29, 0.717) is 37.9 Å². The number of nitrogens with zero attached hydrogens (tertiary/aromatic N) is 1. The summed E-state index contributed by atoms with van der Waals surface area (Å²) >= 11 is 0. The van der Waals surface area contributed by atoms with Crippen LogP contribution in [0.4, 0.5) is 4.39 Å². The van der Waals surface area contributed by atoms with Crippen LogP contribution in [-0.2, 0) is 16.0 Å². The van der Waals surface area contributed by atoms with Crippen molar-refractivity contribution >= 4 is 11.8 Å². The van der Waals surface area contributed by atoms with Gasteiger partial charge in [0.05, 0.1) is 0 Å². The summed E-state index contributed by atoms with van der Waals surface area (Å²) in [4.78, 5) is 26.8. The van der Waals surface area contributed by atoms with E-state index in [0.717, 1.165) is 19.3 Å². The second-order valence-electron chi connectivity index (χ2n) is 8.84. The fourth-order valence-electron chi connectivity index (χ4n) is 4.83. The topological polar surface area (TPSA) is 49.4 Å². The highest BCUT2D eigenvalue weighted by molar-refractivity contribution is 5.80. The molecule has 1 N–H and O–H groups in total. The van der Waals surface area contributed by atoms with Gasteiger partial charge in [0.15, 0.2) is 0 Å². The van der Waals surface area contributed by atoms with Gasteiger partial charge in [-0.1, -0.05) is 48.0 Å². The molecule has 0 aliphatic carbocycles. The first-order valence-corrected chi connectivity index (χ1v) is 10.8. The number of aryl methyl sites for hydroxylation is 1. The first-order valence-electron chi connectivity index (χ1n) is 10.8. The summed E-state index contributed by atoms with van der Waals surface area (Å²) in [5.74, 6) is 0.0268. The third-order valence-corrected chi connectivity index (χ3v) is 6.60. The van der Waals surface area contributed by atoms with Crippen molar-refractivity contribution in [2.24, 2.45) is 0 Å². The Bertz CT molecular complexity index is 927. The van der Waals surface area contributed by atoms with Crippen molar-refractivity contribution in [1.29, 1.82) is 0 Å². The van der Waals surface area contributed by atoms with Crippen molar-refractivity contribution < 1.29 is 14.0 Å². The maximum atomic E-state index is 14.1. The van der Waals surface area contributed by atoms with Gasteiger partial charge in [0.2, 0.25) is 11.8 Å². The second kappa shape index (κ2) is 8.58. The Hall–Kier alpha value is -2.69. The fourth-order valence-corrected chi connectivity index (χ4v) is 4.83. The molecule has 0 aromatic heterocycles. The standard InChI is InChI=1S/C25H29FN2O2/c1-18-6-8-19(9-7-18)16-25(13-10-23(29)27-25)14-11-24(30)28-15-12-20(17-28)21-4-2-3-5-22(21)26/h2-9,20H,10-17H2,1H3,(H,27,29)/t20-,25-/m0/s1. The van der Waals surface area contributed by atoms with Gasteiger partial charge in [-0.15, -0.1) is 0 Å². The SMILES string of the molecule is Cc1ccc(C[C@@]2(CCC(=O)N3CC[C@H](c4ccccc4F)C3)CCC(=O)N2)cc1. The van der Waals surface area contributed by atoms with Crippen molar-refractivity contribution in [1.82, 2.24) is 10.2 Å². The molecule has 0 radical (unpaired) electrons. The summed E-state index contributed by atoms with van der Waals surface area (Å²) in [5, 5.41) is 3.16. The number of hydrogen-bond donors (Lipinski definition) is 1. The largest absolute Gasteiger partial charge is 0.350 e. The number of amides is 2. The Labute approximate surface area is 177 Å². The van der Waals surface area contributed by atoms with Crippen LogP contribution in [0.5, 0.6) is 0 Å². The summed E-state index contributed by atoms with van der Waals surface area (Å²) in [5.41, 5.74) is 2.73. The number of rotatable bonds is 6. The molecule has 4 rings (SSSR count). The molecule has 2 fully saturated rings. The van der Waals surface area contributed by atoms with Crippen molar-refractivity contribution in [3.8, 4) is 0 Å². The molecule has 4 nitrogen and oxygen atoms in total. The predicted octanol–water partition coefficient (Wildman–Crippen LogP) is 4.12. The van der Waals surface area contributed by atoms with E-state index in [9.17, 15) is 14.0 Å². The average molecular weight is 409 g/mol. The van der Waals surface area contributed by atoms with E-state index in [1.54, 1.807) is 6.07 Å². The van der Waals surface area contributed by atoms with Crippen molar-refractivity contribution in [2.45, 2.75) is 56.9 Å². The van der Waals surface area contributed by atoms with Crippen LogP contribution in [0.25, 0.3) is 0 Å². The van der Waals surface area contributed by atoms with Gasteiger partial charge in [-0.3, -0.25) is 9.59 Å². The Balaban J connectivity index is 1.38. The summed E-state index contributed by atoms with van der Waals surface area (Å²) in [7, 11) is 0. The van der Waals surface area contributed by atoms with Gasteiger partial charge < -0.3 is 10.2 Å². The average Bonchev–Trinajstić information content (AvgIpc) is 3.36. The first kappa shape index (κ1) is 20.6. The molecular formula is C25H29FN2O2. The molecule has 2 amide bonds. The summed E-state index contributed by atoms with van der Waals surface area (Å²) in [6.45, 7) is 3.28. The van der Waals surface area contributed by atoms with Crippen molar-refractivity contribution in [3.63, 3.8) is 0 Å². The van der Waals surface area contributed by atoms with Gasteiger partial charge in [-0.05, 0) is 49.8 Å². The molecule has 2 aliphatic rings. The quantitative estimate of drug-likeness (QED) is 0.782. The Morgan fingerprint density at radius 1 is 1.20 bits per heavy atom. The lowest BCUT2D eigenvalue weighted by atomic mass is 9.84. The molecule has 2 atom stereocenters. The molecule has 30 heavy (non-hydrogen) atoms. The highest BCUT2D eigenvalue weighted by Gasteiger charge is 2.38. The summed E-state index contributed by atoms with van der Waals surface area (Å²) in [6, 6.07) is 15.2. The zero-order valence-corrected chi connectivity index (χ0v) is 17.5. The smallest absolute Gasteiger partial charge is 0.222 e. The minimum atomic E-state index is -0.354.